The lowest BCUT2D eigenvalue weighted by molar-refractivity contribution is -0.385. The summed E-state index contributed by atoms with van der Waals surface area (Å²) in [7, 11) is 0. The van der Waals surface area contributed by atoms with E-state index in [0.29, 0.717) is 38.6 Å². The first-order valence-electron chi connectivity index (χ1n) is 11.1. The minimum atomic E-state index is -0.450. The Balaban J connectivity index is 1.42. The van der Waals surface area contributed by atoms with E-state index < -0.39 is 9.85 Å². The number of hydrogen-bond donors (Lipinski definition) is 1. The average Bonchev–Trinajstić information content (AvgIpc) is 3.30. The van der Waals surface area contributed by atoms with Crippen LogP contribution in [0.25, 0.3) is 0 Å². The number of carbonyl (C=O) groups is 2. The molecule has 0 radical (unpaired) electrons. The van der Waals surface area contributed by atoms with Gasteiger partial charge in [-0.25, -0.2) is 0 Å². The van der Waals surface area contributed by atoms with E-state index in [1.54, 1.807) is 24.3 Å². The molecule has 0 aromatic heterocycles. The number of nitrogens with one attached hydrogen (secondary N) is 1. The van der Waals surface area contributed by atoms with Gasteiger partial charge in [-0.3, -0.25) is 29.8 Å². The van der Waals surface area contributed by atoms with Crippen molar-refractivity contribution < 1.29 is 19.4 Å². The van der Waals surface area contributed by atoms with Crippen LogP contribution >= 0.6 is 0 Å². The molecule has 33 heavy (non-hydrogen) atoms. The first kappa shape index (κ1) is 24.0. The second kappa shape index (κ2) is 11.3. The van der Waals surface area contributed by atoms with E-state index in [9.17, 15) is 29.8 Å². The van der Waals surface area contributed by atoms with Gasteiger partial charge in [0.15, 0.2) is 0 Å². The zero-order chi connectivity index (χ0) is 23.8. The maximum atomic E-state index is 12.8. The quantitative estimate of drug-likeness (QED) is 0.401. The number of nitro benzene ring substituents is 2. The van der Waals surface area contributed by atoms with Crippen LogP contribution in [0.2, 0.25) is 0 Å². The summed E-state index contributed by atoms with van der Waals surface area (Å²) in [5, 5.41) is 24.4. The lowest BCUT2D eigenvalue weighted by Gasteiger charge is -2.18. The predicted molar refractivity (Wildman–Crippen MR) is 122 cm³/mol. The number of amides is 1. The second-order valence-corrected chi connectivity index (χ2v) is 8.35. The van der Waals surface area contributed by atoms with Crippen LogP contribution in [0.1, 0.15) is 43.2 Å². The second-order valence-electron chi connectivity index (χ2n) is 8.35. The van der Waals surface area contributed by atoms with Gasteiger partial charge in [-0.2, -0.15) is 0 Å². The zero-order valence-corrected chi connectivity index (χ0v) is 18.3. The summed E-state index contributed by atoms with van der Waals surface area (Å²) in [6.07, 6.45) is 4.50. The molecule has 9 heteroatoms. The molecule has 1 N–H and O–H groups in total. The summed E-state index contributed by atoms with van der Waals surface area (Å²) >= 11 is 0. The number of non-ortho nitro benzene ring substituents is 2. The Bertz CT molecular complexity index is 922. The zero-order valence-electron chi connectivity index (χ0n) is 18.3. The number of nitro groups is 2. The van der Waals surface area contributed by atoms with Gasteiger partial charge in [-0.1, -0.05) is 30.7 Å². The van der Waals surface area contributed by atoms with E-state index in [-0.39, 0.29) is 34.9 Å². The SMILES string of the molecule is O=C(CCCc1ccc([N+](=O)[O-])cc1)[C@@H]1CCC[C@H]1C(=O)NCCc1ccc([N+](=O)[O-])cc1. The fourth-order valence-electron chi connectivity index (χ4n) is 4.34. The summed E-state index contributed by atoms with van der Waals surface area (Å²) in [6, 6.07) is 12.6. The Morgan fingerprint density at radius 1 is 0.818 bits per heavy atom. The van der Waals surface area contributed by atoms with Crippen LogP contribution in [0.5, 0.6) is 0 Å². The summed E-state index contributed by atoms with van der Waals surface area (Å²) in [5.41, 5.74) is 1.92. The van der Waals surface area contributed by atoms with Gasteiger partial charge < -0.3 is 5.32 Å². The van der Waals surface area contributed by atoms with Gasteiger partial charge in [0.1, 0.15) is 5.78 Å². The third kappa shape index (κ3) is 6.68. The first-order chi connectivity index (χ1) is 15.8. The minimum absolute atomic E-state index is 0.0312. The molecular formula is C24H27N3O6. The van der Waals surface area contributed by atoms with E-state index >= 15 is 0 Å². The molecular weight excluding hydrogens is 426 g/mol. The number of hydrogen-bond acceptors (Lipinski definition) is 6. The predicted octanol–water partition coefficient (Wildman–Crippen LogP) is 4.17. The summed E-state index contributed by atoms with van der Waals surface area (Å²) < 4.78 is 0. The number of rotatable bonds is 11. The summed E-state index contributed by atoms with van der Waals surface area (Å²) in [6.45, 7) is 0.411. The van der Waals surface area contributed by atoms with Gasteiger partial charge in [0.05, 0.1) is 9.85 Å². The third-order valence-electron chi connectivity index (χ3n) is 6.16. The molecule has 1 amide bonds. The third-order valence-corrected chi connectivity index (χ3v) is 6.16. The van der Waals surface area contributed by atoms with Gasteiger partial charge in [-0.15, -0.1) is 0 Å². The van der Waals surface area contributed by atoms with Crippen molar-refractivity contribution in [3.8, 4) is 0 Å². The van der Waals surface area contributed by atoms with Crippen LogP contribution in [0.15, 0.2) is 48.5 Å². The molecule has 0 bridgehead atoms. The average molecular weight is 453 g/mol. The smallest absolute Gasteiger partial charge is 0.269 e. The molecule has 2 aromatic carbocycles. The highest BCUT2D eigenvalue weighted by molar-refractivity contribution is 5.89. The Morgan fingerprint density at radius 2 is 1.33 bits per heavy atom. The Labute approximate surface area is 191 Å². The molecule has 1 aliphatic rings. The lowest BCUT2D eigenvalue weighted by atomic mass is 9.88. The highest BCUT2D eigenvalue weighted by Gasteiger charge is 2.36. The van der Waals surface area contributed by atoms with Gasteiger partial charge in [0.2, 0.25) is 5.91 Å². The number of carbonyl (C=O) groups excluding carboxylic acids is 2. The van der Waals surface area contributed by atoms with Gasteiger partial charge in [0, 0.05) is 49.1 Å². The molecule has 0 heterocycles. The van der Waals surface area contributed by atoms with Gasteiger partial charge in [-0.05, 0) is 43.2 Å². The molecule has 0 unspecified atom stereocenters. The van der Waals surface area contributed by atoms with Gasteiger partial charge >= 0.3 is 0 Å². The van der Waals surface area contributed by atoms with Crippen LogP contribution in [-0.4, -0.2) is 28.1 Å². The number of Topliss-reactive ketones (excluding diaryl/α,β-unsaturated/α-hetero) is 1. The number of nitrogens with zero attached hydrogens (tertiary/aromatic N) is 2. The monoisotopic (exact) mass is 453 g/mol. The largest absolute Gasteiger partial charge is 0.356 e. The number of ketones is 1. The van der Waals surface area contributed by atoms with Crippen molar-refractivity contribution in [2.75, 3.05) is 6.54 Å². The number of aryl methyl sites for hydroxylation is 1. The van der Waals surface area contributed by atoms with E-state index in [1.165, 1.54) is 24.3 Å². The van der Waals surface area contributed by atoms with E-state index in [4.69, 9.17) is 0 Å². The molecule has 0 saturated heterocycles. The van der Waals surface area contributed by atoms with Crippen molar-refractivity contribution in [3.63, 3.8) is 0 Å². The van der Waals surface area contributed by atoms with Crippen molar-refractivity contribution in [1.82, 2.24) is 5.32 Å². The van der Waals surface area contributed by atoms with Crippen LogP contribution in [-0.2, 0) is 22.4 Å². The molecule has 2 aromatic rings. The van der Waals surface area contributed by atoms with Crippen LogP contribution in [0.3, 0.4) is 0 Å². The topological polar surface area (TPSA) is 132 Å². The molecule has 2 atom stereocenters. The van der Waals surface area contributed by atoms with Gasteiger partial charge in [0.25, 0.3) is 11.4 Å². The van der Waals surface area contributed by atoms with Crippen LogP contribution < -0.4 is 5.32 Å². The summed E-state index contributed by atoms with van der Waals surface area (Å²) in [4.78, 5) is 46.0. The molecule has 0 aliphatic heterocycles. The summed E-state index contributed by atoms with van der Waals surface area (Å²) in [5.74, 6) is -0.581. The fourth-order valence-corrected chi connectivity index (χ4v) is 4.34. The van der Waals surface area contributed by atoms with Crippen molar-refractivity contribution in [1.29, 1.82) is 0 Å². The van der Waals surface area contributed by atoms with Crippen LogP contribution in [0.4, 0.5) is 11.4 Å². The molecule has 0 spiro atoms. The lowest BCUT2D eigenvalue weighted by Crippen LogP contribution is -2.36. The van der Waals surface area contributed by atoms with E-state index in [1.807, 2.05) is 0 Å². The molecule has 1 aliphatic carbocycles. The first-order valence-corrected chi connectivity index (χ1v) is 11.1. The van der Waals surface area contributed by atoms with Crippen molar-refractivity contribution >= 4 is 23.1 Å². The minimum Gasteiger partial charge on any atom is -0.356 e. The standard InChI is InChI=1S/C24H27N3O6/c28-23(6-1-3-17-7-11-19(12-8-17)26(30)31)21-4-2-5-22(21)24(29)25-16-15-18-9-13-20(14-10-18)27(32)33/h7-14,21-22H,1-6,15-16H2,(H,25,29)/t21-,22-/m1/s1. The Kier molecular flexibility index (Phi) is 8.23. The van der Waals surface area contributed by atoms with Crippen LogP contribution in [0, 0.1) is 32.1 Å². The van der Waals surface area contributed by atoms with Crippen molar-refractivity contribution in [2.45, 2.75) is 44.9 Å². The van der Waals surface area contributed by atoms with E-state index in [2.05, 4.69) is 5.32 Å². The Morgan fingerprint density at radius 3 is 1.88 bits per heavy atom. The normalized spacial score (nSPS) is 17.5. The fraction of sp³-hybridized carbons (Fsp3) is 0.417. The molecule has 3 rings (SSSR count). The maximum absolute atomic E-state index is 12.8. The van der Waals surface area contributed by atoms with Crippen molar-refractivity contribution in [3.05, 3.63) is 79.9 Å². The molecule has 174 valence electrons. The highest BCUT2D eigenvalue weighted by Crippen LogP contribution is 2.33. The molecule has 1 fully saturated rings. The number of benzene rings is 2. The maximum Gasteiger partial charge on any atom is 0.269 e. The highest BCUT2D eigenvalue weighted by atomic mass is 16.6. The molecule has 1 saturated carbocycles. The molecule has 9 nitrogen and oxygen atoms in total. The van der Waals surface area contributed by atoms with E-state index in [0.717, 1.165) is 24.0 Å². The Hall–Kier alpha value is -3.62. The van der Waals surface area contributed by atoms with Crippen molar-refractivity contribution in [2.24, 2.45) is 11.8 Å².